The van der Waals surface area contributed by atoms with E-state index in [1.807, 2.05) is 30.5 Å². The van der Waals surface area contributed by atoms with E-state index in [4.69, 9.17) is 4.74 Å². The molecule has 1 aliphatic rings. The molecule has 1 aromatic heterocycles. The summed E-state index contributed by atoms with van der Waals surface area (Å²) in [5, 5.41) is 4.03. The van der Waals surface area contributed by atoms with Crippen LogP contribution in [0.2, 0.25) is 0 Å². The van der Waals surface area contributed by atoms with Crippen LogP contribution >= 0.6 is 0 Å². The van der Waals surface area contributed by atoms with Gasteiger partial charge in [0.15, 0.2) is 6.61 Å². The largest absolute Gasteiger partial charge is 0.455 e. The topological polar surface area (TPSA) is 71.2 Å². The lowest BCUT2D eigenvalue weighted by Crippen LogP contribution is -2.45. The molecule has 0 unspecified atom stereocenters. The number of esters is 1. The third-order valence-corrected chi connectivity index (χ3v) is 5.43. The van der Waals surface area contributed by atoms with Gasteiger partial charge in [0.25, 0.3) is 5.91 Å². The van der Waals surface area contributed by atoms with Crippen molar-refractivity contribution in [1.82, 2.24) is 10.3 Å². The van der Waals surface area contributed by atoms with Gasteiger partial charge in [-0.05, 0) is 29.9 Å². The molecule has 1 fully saturated rings. The minimum Gasteiger partial charge on any atom is -0.455 e. The quantitative estimate of drug-likeness (QED) is 0.820. The molecule has 0 radical (unpaired) electrons. The molecule has 0 saturated heterocycles. The highest BCUT2D eigenvalue weighted by Gasteiger charge is 2.28. The molecule has 1 saturated carbocycles. The summed E-state index contributed by atoms with van der Waals surface area (Å²) in [6.07, 6.45) is 5.33. The number of benzene rings is 1. The van der Waals surface area contributed by atoms with Crippen molar-refractivity contribution in [2.45, 2.75) is 45.6 Å². The van der Waals surface area contributed by atoms with E-state index in [9.17, 15) is 9.59 Å². The lowest BCUT2D eigenvalue weighted by Gasteiger charge is -2.34. The van der Waals surface area contributed by atoms with Crippen LogP contribution in [-0.2, 0) is 20.7 Å². The first kappa shape index (κ1) is 17.5. The van der Waals surface area contributed by atoms with Crippen LogP contribution in [0.25, 0.3) is 10.9 Å². The first-order valence-corrected chi connectivity index (χ1v) is 9.04. The van der Waals surface area contributed by atoms with Crippen LogP contribution in [0.15, 0.2) is 30.5 Å². The number of nitrogens with one attached hydrogen (secondary N) is 2. The number of H-pyrrole nitrogens is 1. The number of amides is 1. The van der Waals surface area contributed by atoms with Crippen molar-refractivity contribution in [2.75, 3.05) is 6.61 Å². The summed E-state index contributed by atoms with van der Waals surface area (Å²) < 4.78 is 5.16. The Labute approximate surface area is 148 Å². The Morgan fingerprint density at radius 1 is 1.24 bits per heavy atom. The van der Waals surface area contributed by atoms with Gasteiger partial charge in [0, 0.05) is 23.1 Å². The number of para-hydroxylation sites is 1. The summed E-state index contributed by atoms with van der Waals surface area (Å²) in [6, 6.07) is 7.99. The third kappa shape index (κ3) is 4.21. The molecule has 5 heteroatoms. The van der Waals surface area contributed by atoms with Crippen LogP contribution in [-0.4, -0.2) is 29.5 Å². The zero-order valence-electron chi connectivity index (χ0n) is 14.9. The average Bonchev–Trinajstić information content (AvgIpc) is 3.00. The predicted molar refractivity (Wildman–Crippen MR) is 97.1 cm³/mol. The molecule has 0 aliphatic heterocycles. The smallest absolute Gasteiger partial charge is 0.310 e. The van der Waals surface area contributed by atoms with E-state index in [1.54, 1.807) is 0 Å². The van der Waals surface area contributed by atoms with Crippen molar-refractivity contribution in [3.63, 3.8) is 0 Å². The minimum atomic E-state index is -0.384. The Morgan fingerprint density at radius 2 is 2.04 bits per heavy atom. The Kier molecular flexibility index (Phi) is 5.41. The van der Waals surface area contributed by atoms with Crippen molar-refractivity contribution >= 4 is 22.8 Å². The van der Waals surface area contributed by atoms with E-state index in [-0.39, 0.29) is 30.9 Å². The molecule has 25 heavy (non-hydrogen) atoms. The van der Waals surface area contributed by atoms with E-state index < -0.39 is 0 Å². The van der Waals surface area contributed by atoms with E-state index >= 15 is 0 Å². The van der Waals surface area contributed by atoms with Crippen molar-refractivity contribution < 1.29 is 14.3 Å². The van der Waals surface area contributed by atoms with Gasteiger partial charge in [-0.15, -0.1) is 0 Å². The SMILES string of the molecule is C[C@@H]1[C@H](C)CCC[C@@H]1NC(=O)COC(=O)Cc1c[nH]c2ccccc12. The van der Waals surface area contributed by atoms with Crippen LogP contribution in [0, 0.1) is 11.8 Å². The van der Waals surface area contributed by atoms with Crippen LogP contribution in [0.3, 0.4) is 0 Å². The Hall–Kier alpha value is -2.30. The molecule has 1 amide bonds. The summed E-state index contributed by atoms with van der Waals surface area (Å²) in [6.45, 7) is 4.20. The van der Waals surface area contributed by atoms with Crippen LogP contribution in [0.1, 0.15) is 38.7 Å². The molecule has 134 valence electrons. The molecule has 2 aromatic rings. The fraction of sp³-hybridized carbons (Fsp3) is 0.500. The van der Waals surface area contributed by atoms with E-state index in [1.165, 1.54) is 6.42 Å². The van der Waals surface area contributed by atoms with Gasteiger partial charge in [-0.25, -0.2) is 0 Å². The molecular formula is C20H26N2O3. The number of aromatic amines is 1. The summed E-state index contributed by atoms with van der Waals surface area (Å²) in [5.74, 6) is 0.478. The van der Waals surface area contributed by atoms with E-state index in [0.29, 0.717) is 11.8 Å². The monoisotopic (exact) mass is 342 g/mol. The second-order valence-corrected chi connectivity index (χ2v) is 7.14. The van der Waals surface area contributed by atoms with Gasteiger partial charge >= 0.3 is 5.97 Å². The summed E-state index contributed by atoms with van der Waals surface area (Å²) in [5.41, 5.74) is 1.87. The molecular weight excluding hydrogens is 316 g/mol. The number of hydrogen-bond donors (Lipinski definition) is 2. The van der Waals surface area contributed by atoms with Gasteiger partial charge in [-0.3, -0.25) is 9.59 Å². The number of carbonyl (C=O) groups is 2. The number of aromatic nitrogens is 1. The van der Waals surface area contributed by atoms with E-state index in [0.717, 1.165) is 29.3 Å². The first-order chi connectivity index (χ1) is 12.0. The van der Waals surface area contributed by atoms with Crippen molar-refractivity contribution in [2.24, 2.45) is 11.8 Å². The van der Waals surface area contributed by atoms with Crippen LogP contribution < -0.4 is 5.32 Å². The van der Waals surface area contributed by atoms with Gasteiger partial charge in [0.05, 0.1) is 6.42 Å². The Bertz CT molecular complexity index is 752. The molecule has 1 aliphatic carbocycles. The molecule has 2 N–H and O–H groups in total. The van der Waals surface area contributed by atoms with Gasteiger partial charge in [-0.2, -0.15) is 0 Å². The average molecular weight is 342 g/mol. The lowest BCUT2D eigenvalue weighted by atomic mass is 9.78. The van der Waals surface area contributed by atoms with Crippen LogP contribution in [0.4, 0.5) is 0 Å². The summed E-state index contributed by atoms with van der Waals surface area (Å²) >= 11 is 0. The summed E-state index contributed by atoms with van der Waals surface area (Å²) in [4.78, 5) is 27.3. The second-order valence-electron chi connectivity index (χ2n) is 7.14. The maximum absolute atomic E-state index is 12.1. The number of hydrogen-bond acceptors (Lipinski definition) is 3. The van der Waals surface area contributed by atoms with Crippen molar-refractivity contribution in [3.05, 3.63) is 36.0 Å². The second kappa shape index (κ2) is 7.72. The predicted octanol–water partition coefficient (Wildman–Crippen LogP) is 3.19. The van der Waals surface area contributed by atoms with Gasteiger partial charge in [-0.1, -0.05) is 44.9 Å². The van der Waals surface area contributed by atoms with Gasteiger partial charge in [0.1, 0.15) is 0 Å². The lowest BCUT2D eigenvalue weighted by molar-refractivity contribution is -0.148. The molecule has 1 aromatic carbocycles. The molecule has 0 bridgehead atoms. The van der Waals surface area contributed by atoms with Crippen LogP contribution in [0.5, 0.6) is 0 Å². The molecule has 3 atom stereocenters. The molecule has 5 nitrogen and oxygen atoms in total. The third-order valence-electron chi connectivity index (χ3n) is 5.43. The Morgan fingerprint density at radius 3 is 2.88 bits per heavy atom. The maximum atomic E-state index is 12.1. The zero-order chi connectivity index (χ0) is 17.8. The maximum Gasteiger partial charge on any atom is 0.310 e. The Balaban J connectivity index is 1.48. The molecule has 0 spiro atoms. The number of fused-ring (bicyclic) bond motifs is 1. The highest BCUT2D eigenvalue weighted by Crippen LogP contribution is 2.29. The van der Waals surface area contributed by atoms with Gasteiger partial charge in [0.2, 0.25) is 0 Å². The normalized spacial score (nSPS) is 23.4. The fourth-order valence-corrected chi connectivity index (χ4v) is 3.66. The first-order valence-electron chi connectivity index (χ1n) is 9.04. The van der Waals surface area contributed by atoms with Crippen molar-refractivity contribution in [3.8, 4) is 0 Å². The molecule has 1 heterocycles. The van der Waals surface area contributed by atoms with E-state index in [2.05, 4.69) is 24.1 Å². The molecule has 3 rings (SSSR count). The fourth-order valence-electron chi connectivity index (χ4n) is 3.66. The zero-order valence-corrected chi connectivity index (χ0v) is 14.9. The highest BCUT2D eigenvalue weighted by molar-refractivity contribution is 5.88. The number of rotatable bonds is 5. The van der Waals surface area contributed by atoms with Crippen molar-refractivity contribution in [1.29, 1.82) is 0 Å². The number of ether oxygens (including phenoxy) is 1. The standard InChI is InChI=1S/C20H26N2O3/c1-13-6-5-9-17(14(13)2)22-19(23)12-25-20(24)10-15-11-21-18-8-4-3-7-16(15)18/h3-4,7-8,11,13-14,17,21H,5-6,9-10,12H2,1-2H3,(H,22,23)/t13-,14-,17+/m1/s1. The highest BCUT2D eigenvalue weighted by atomic mass is 16.5. The minimum absolute atomic E-state index is 0.161. The summed E-state index contributed by atoms with van der Waals surface area (Å²) in [7, 11) is 0. The number of carbonyl (C=O) groups excluding carboxylic acids is 2. The van der Waals surface area contributed by atoms with Gasteiger partial charge < -0.3 is 15.0 Å².